The first-order valence-electron chi connectivity index (χ1n) is 5.77. The fourth-order valence-corrected chi connectivity index (χ4v) is 1.19. The third kappa shape index (κ3) is 11.5. The lowest BCUT2D eigenvalue weighted by atomic mass is 10.2. The van der Waals surface area contributed by atoms with E-state index in [-0.39, 0.29) is 18.2 Å². The largest absolute Gasteiger partial charge is 0.381 e. The number of carbonyl (C=O) groups excluding carboxylic acids is 2. The summed E-state index contributed by atoms with van der Waals surface area (Å²) in [6.07, 6.45) is 0.871. The third-order valence-corrected chi connectivity index (χ3v) is 1.97. The molecule has 0 saturated carbocycles. The lowest BCUT2D eigenvalue weighted by Gasteiger charge is -2.08. The number of rotatable bonds is 8. The topological polar surface area (TPSA) is 67.4 Å². The minimum absolute atomic E-state index is 0.145. The lowest BCUT2D eigenvalue weighted by molar-refractivity contribution is -0.119. The quantitative estimate of drug-likeness (QED) is 0.516. The van der Waals surface area contributed by atoms with Crippen LogP contribution in [-0.2, 0) is 9.53 Å². The van der Waals surface area contributed by atoms with Gasteiger partial charge in [0.25, 0.3) is 0 Å². The molecule has 0 radical (unpaired) electrons. The summed E-state index contributed by atoms with van der Waals surface area (Å²) < 4.78 is 5.34. The van der Waals surface area contributed by atoms with E-state index in [2.05, 4.69) is 24.5 Å². The monoisotopic (exact) mass is 264 g/mol. The van der Waals surface area contributed by atoms with Crippen LogP contribution < -0.4 is 10.6 Å². The van der Waals surface area contributed by atoms with Crippen LogP contribution in [0, 0.1) is 5.92 Å². The van der Waals surface area contributed by atoms with Gasteiger partial charge in [0.15, 0.2) is 0 Å². The first kappa shape index (κ1) is 16.2. The minimum atomic E-state index is -0.482. The summed E-state index contributed by atoms with van der Waals surface area (Å²) in [5.41, 5.74) is 0. The molecule has 100 valence electrons. The predicted molar refractivity (Wildman–Crippen MR) is 67.2 cm³/mol. The van der Waals surface area contributed by atoms with Gasteiger partial charge < -0.3 is 10.1 Å². The molecule has 6 heteroatoms. The van der Waals surface area contributed by atoms with Gasteiger partial charge in [-0.15, -0.1) is 11.6 Å². The van der Waals surface area contributed by atoms with Crippen LogP contribution in [0.4, 0.5) is 4.79 Å². The van der Waals surface area contributed by atoms with E-state index in [1.807, 2.05) is 0 Å². The highest BCUT2D eigenvalue weighted by Crippen LogP contribution is 1.92. The summed E-state index contributed by atoms with van der Waals surface area (Å²) in [5, 5.41) is 4.74. The van der Waals surface area contributed by atoms with Gasteiger partial charge >= 0.3 is 6.03 Å². The Hall–Kier alpha value is -0.810. The van der Waals surface area contributed by atoms with Crippen LogP contribution in [0.25, 0.3) is 0 Å². The number of hydrogen-bond acceptors (Lipinski definition) is 3. The van der Waals surface area contributed by atoms with Crippen molar-refractivity contribution < 1.29 is 14.3 Å². The van der Waals surface area contributed by atoms with E-state index in [9.17, 15) is 9.59 Å². The van der Waals surface area contributed by atoms with Gasteiger partial charge in [-0.25, -0.2) is 4.79 Å². The van der Waals surface area contributed by atoms with E-state index in [4.69, 9.17) is 16.3 Å². The number of carbonyl (C=O) groups is 2. The van der Waals surface area contributed by atoms with Gasteiger partial charge in [-0.05, 0) is 12.3 Å². The number of hydrogen-bond donors (Lipinski definition) is 2. The average Bonchev–Trinajstić information content (AvgIpc) is 2.23. The van der Waals surface area contributed by atoms with Gasteiger partial charge in [0.1, 0.15) is 0 Å². The van der Waals surface area contributed by atoms with Crippen LogP contribution in [0.2, 0.25) is 0 Å². The Balaban J connectivity index is 3.36. The Morgan fingerprint density at radius 2 is 2.06 bits per heavy atom. The normalized spacial score (nSPS) is 10.4. The number of nitrogens with one attached hydrogen (secondary N) is 2. The molecule has 0 heterocycles. The fourth-order valence-electron chi connectivity index (χ4n) is 1.01. The predicted octanol–water partition coefficient (Wildman–Crippen LogP) is 1.50. The smallest absolute Gasteiger partial charge is 0.321 e. The van der Waals surface area contributed by atoms with Crippen LogP contribution in [0.5, 0.6) is 0 Å². The second kappa shape index (κ2) is 10.4. The summed E-state index contributed by atoms with van der Waals surface area (Å²) in [7, 11) is 0. The standard InChI is InChI=1S/C11H21ClN2O3/c1-9(2)8-17-7-3-6-13-11(16)14-10(15)4-5-12/h9H,3-8H2,1-2H3,(H2,13,14,15,16). The van der Waals surface area contributed by atoms with E-state index in [1.54, 1.807) is 0 Å². The van der Waals surface area contributed by atoms with Gasteiger partial charge in [-0.1, -0.05) is 13.8 Å². The molecular weight excluding hydrogens is 244 g/mol. The number of alkyl halides is 1. The Kier molecular flexibility index (Phi) is 9.86. The highest BCUT2D eigenvalue weighted by Gasteiger charge is 2.05. The molecule has 0 aromatic rings. The van der Waals surface area contributed by atoms with Gasteiger partial charge in [-0.3, -0.25) is 10.1 Å². The number of urea groups is 1. The summed E-state index contributed by atoms with van der Waals surface area (Å²) in [5.74, 6) is 0.357. The molecule has 0 aliphatic rings. The SMILES string of the molecule is CC(C)COCCCNC(=O)NC(=O)CCCl. The van der Waals surface area contributed by atoms with Gasteiger partial charge in [0, 0.05) is 32.1 Å². The Bertz CT molecular complexity index is 235. The van der Waals surface area contributed by atoms with E-state index < -0.39 is 6.03 Å². The molecule has 0 aliphatic carbocycles. The van der Waals surface area contributed by atoms with Crippen LogP contribution in [0.15, 0.2) is 0 Å². The van der Waals surface area contributed by atoms with Crippen LogP contribution in [-0.4, -0.2) is 37.6 Å². The van der Waals surface area contributed by atoms with Crippen molar-refractivity contribution in [2.75, 3.05) is 25.6 Å². The van der Waals surface area contributed by atoms with Crippen LogP contribution >= 0.6 is 11.6 Å². The molecule has 0 unspecified atom stereocenters. The minimum Gasteiger partial charge on any atom is -0.381 e. The zero-order valence-corrected chi connectivity index (χ0v) is 11.2. The van der Waals surface area contributed by atoms with Crippen molar-refractivity contribution in [2.45, 2.75) is 26.7 Å². The van der Waals surface area contributed by atoms with Gasteiger partial charge in [-0.2, -0.15) is 0 Å². The van der Waals surface area contributed by atoms with Crippen molar-refractivity contribution in [3.8, 4) is 0 Å². The summed E-state index contributed by atoms with van der Waals surface area (Å²) in [4.78, 5) is 22.1. The highest BCUT2D eigenvalue weighted by atomic mass is 35.5. The molecule has 0 aromatic heterocycles. The van der Waals surface area contributed by atoms with Crippen molar-refractivity contribution in [3.63, 3.8) is 0 Å². The van der Waals surface area contributed by atoms with E-state index in [0.29, 0.717) is 19.1 Å². The third-order valence-electron chi connectivity index (χ3n) is 1.78. The van der Waals surface area contributed by atoms with Crippen molar-refractivity contribution in [1.82, 2.24) is 10.6 Å². The van der Waals surface area contributed by atoms with Crippen molar-refractivity contribution >= 4 is 23.5 Å². The number of halogens is 1. The average molecular weight is 265 g/mol. The molecule has 5 nitrogen and oxygen atoms in total. The molecule has 0 fully saturated rings. The second-order valence-electron chi connectivity index (χ2n) is 4.07. The maximum absolute atomic E-state index is 11.1. The molecular formula is C11H21ClN2O3. The summed E-state index contributed by atoms with van der Waals surface area (Å²) >= 11 is 5.36. The molecule has 0 aliphatic heterocycles. The van der Waals surface area contributed by atoms with E-state index >= 15 is 0 Å². The molecule has 0 bridgehead atoms. The molecule has 0 spiro atoms. The maximum Gasteiger partial charge on any atom is 0.321 e. The molecule has 0 rings (SSSR count). The Morgan fingerprint density at radius 1 is 1.35 bits per heavy atom. The zero-order valence-electron chi connectivity index (χ0n) is 10.4. The lowest BCUT2D eigenvalue weighted by Crippen LogP contribution is -2.40. The van der Waals surface area contributed by atoms with E-state index in [1.165, 1.54) is 0 Å². The summed E-state index contributed by atoms with van der Waals surface area (Å²) in [6, 6.07) is -0.482. The van der Waals surface area contributed by atoms with Crippen molar-refractivity contribution in [2.24, 2.45) is 5.92 Å². The maximum atomic E-state index is 11.1. The van der Waals surface area contributed by atoms with Crippen molar-refractivity contribution in [3.05, 3.63) is 0 Å². The second-order valence-corrected chi connectivity index (χ2v) is 4.44. The summed E-state index contributed by atoms with van der Waals surface area (Å²) in [6.45, 7) is 5.97. The molecule has 0 atom stereocenters. The molecule has 17 heavy (non-hydrogen) atoms. The van der Waals surface area contributed by atoms with Crippen LogP contribution in [0.3, 0.4) is 0 Å². The zero-order chi connectivity index (χ0) is 13.1. The fraction of sp³-hybridized carbons (Fsp3) is 0.818. The molecule has 3 amide bonds. The van der Waals surface area contributed by atoms with E-state index in [0.717, 1.165) is 13.0 Å². The molecule has 0 aromatic carbocycles. The Morgan fingerprint density at radius 3 is 2.65 bits per heavy atom. The number of amides is 3. The highest BCUT2D eigenvalue weighted by molar-refractivity contribution is 6.19. The first-order valence-corrected chi connectivity index (χ1v) is 6.31. The van der Waals surface area contributed by atoms with Gasteiger partial charge in [0.2, 0.25) is 5.91 Å². The molecule has 2 N–H and O–H groups in total. The number of ether oxygens (including phenoxy) is 1. The van der Waals surface area contributed by atoms with Gasteiger partial charge in [0.05, 0.1) is 0 Å². The molecule has 0 saturated heterocycles. The number of imide groups is 1. The first-order chi connectivity index (χ1) is 8.06. The Labute approximate surface area is 107 Å². The van der Waals surface area contributed by atoms with Crippen molar-refractivity contribution in [1.29, 1.82) is 0 Å². The van der Waals surface area contributed by atoms with Crippen LogP contribution in [0.1, 0.15) is 26.7 Å².